The molecule has 2 aromatic carbocycles. The third-order valence-electron chi connectivity index (χ3n) is 3.72. The van der Waals surface area contributed by atoms with E-state index in [1.54, 1.807) is 24.3 Å². The average molecular weight is 320 g/mol. The monoisotopic (exact) mass is 320 g/mol. The molecule has 1 aliphatic rings. The number of carbonyl (C=O) groups excluding carboxylic acids is 1. The summed E-state index contributed by atoms with van der Waals surface area (Å²) < 4.78 is 38.3. The molecular formula is C16H11F3N2O2. The van der Waals surface area contributed by atoms with Crippen molar-refractivity contribution in [3.05, 3.63) is 70.1 Å². The minimum atomic E-state index is -4.45. The molecule has 3 rings (SSSR count). The minimum Gasteiger partial charge on any atom is -0.305 e. The smallest absolute Gasteiger partial charge is 0.305 e. The molecule has 7 heteroatoms. The van der Waals surface area contributed by atoms with E-state index in [-0.39, 0.29) is 6.54 Å². The van der Waals surface area contributed by atoms with E-state index >= 15 is 0 Å². The molecule has 4 nitrogen and oxygen atoms in total. The van der Waals surface area contributed by atoms with Crippen LogP contribution in [-0.4, -0.2) is 5.91 Å². The molecule has 0 N–H and O–H groups in total. The lowest BCUT2D eigenvalue weighted by Crippen LogP contribution is -2.27. The van der Waals surface area contributed by atoms with Gasteiger partial charge in [0, 0.05) is 5.56 Å². The Morgan fingerprint density at radius 2 is 1.83 bits per heavy atom. The average Bonchev–Trinajstić information content (AvgIpc) is 2.79. The first-order valence-electron chi connectivity index (χ1n) is 6.80. The zero-order chi connectivity index (χ0) is 16.6. The molecule has 1 amide bonds. The number of alkyl halides is 3. The Hall–Kier alpha value is -2.70. The molecule has 1 heterocycles. The highest BCUT2D eigenvalue weighted by Crippen LogP contribution is 2.39. The minimum absolute atomic E-state index is 0.0498. The number of para-hydroxylation sites is 1. The van der Waals surface area contributed by atoms with Crippen LogP contribution in [0.1, 0.15) is 22.7 Å². The van der Waals surface area contributed by atoms with Crippen molar-refractivity contribution in [2.75, 3.05) is 4.90 Å². The number of amides is 1. The molecule has 0 fully saturated rings. The Morgan fingerprint density at radius 3 is 2.52 bits per heavy atom. The van der Waals surface area contributed by atoms with Crippen LogP contribution in [0, 0.1) is 4.91 Å². The van der Waals surface area contributed by atoms with Crippen LogP contribution in [-0.2, 0) is 17.5 Å². The second-order valence-electron chi connectivity index (χ2n) is 5.19. The van der Waals surface area contributed by atoms with E-state index in [0.717, 1.165) is 12.1 Å². The number of rotatable bonds is 3. The van der Waals surface area contributed by atoms with Crippen LogP contribution in [0.4, 0.5) is 18.9 Å². The zero-order valence-electron chi connectivity index (χ0n) is 11.7. The fraction of sp³-hybridized carbons (Fsp3) is 0.188. The summed E-state index contributed by atoms with van der Waals surface area (Å²) in [5.74, 6) is -0.529. The lowest BCUT2D eigenvalue weighted by Gasteiger charge is -2.18. The van der Waals surface area contributed by atoms with Gasteiger partial charge in [-0.05, 0) is 23.8 Å². The van der Waals surface area contributed by atoms with E-state index in [0.29, 0.717) is 16.8 Å². The lowest BCUT2D eigenvalue weighted by molar-refractivity contribution is -0.137. The first kappa shape index (κ1) is 15.2. The van der Waals surface area contributed by atoms with Crippen molar-refractivity contribution in [3.8, 4) is 0 Å². The van der Waals surface area contributed by atoms with Crippen molar-refractivity contribution >= 4 is 11.6 Å². The van der Waals surface area contributed by atoms with Crippen LogP contribution in [0.3, 0.4) is 0 Å². The largest absolute Gasteiger partial charge is 0.416 e. The van der Waals surface area contributed by atoms with Gasteiger partial charge in [-0.1, -0.05) is 35.5 Å². The Balaban J connectivity index is 1.95. The van der Waals surface area contributed by atoms with E-state index in [1.807, 2.05) is 0 Å². The number of benzene rings is 2. The molecule has 0 aliphatic carbocycles. The van der Waals surface area contributed by atoms with Crippen LogP contribution in [0.2, 0.25) is 0 Å². The number of hydrogen-bond donors (Lipinski definition) is 0. The maximum absolute atomic E-state index is 12.8. The Bertz CT molecular complexity index is 774. The van der Waals surface area contributed by atoms with Gasteiger partial charge >= 0.3 is 6.18 Å². The number of hydrogen-bond acceptors (Lipinski definition) is 3. The fourth-order valence-corrected chi connectivity index (χ4v) is 2.66. The molecule has 0 radical (unpaired) electrons. The molecule has 0 aromatic heterocycles. The Labute approximate surface area is 129 Å². The van der Waals surface area contributed by atoms with Crippen LogP contribution < -0.4 is 4.90 Å². The number of halogens is 3. The molecule has 118 valence electrons. The van der Waals surface area contributed by atoms with Gasteiger partial charge < -0.3 is 4.90 Å². The van der Waals surface area contributed by atoms with Crippen molar-refractivity contribution in [1.29, 1.82) is 0 Å². The van der Waals surface area contributed by atoms with Gasteiger partial charge in [0.1, 0.15) is 0 Å². The van der Waals surface area contributed by atoms with E-state index in [4.69, 9.17) is 0 Å². The maximum Gasteiger partial charge on any atom is 0.416 e. The van der Waals surface area contributed by atoms with E-state index in [9.17, 15) is 22.9 Å². The number of carbonyl (C=O) groups is 1. The SMILES string of the molecule is O=NC1C(=O)N(Cc2cccc(C(F)(F)F)c2)c2ccccc21. The summed E-state index contributed by atoms with van der Waals surface area (Å²) in [6, 6.07) is 10.3. The summed E-state index contributed by atoms with van der Waals surface area (Å²) in [6.45, 7) is -0.0498. The molecule has 0 saturated heterocycles. The number of anilines is 1. The fourth-order valence-electron chi connectivity index (χ4n) is 2.66. The molecule has 1 aliphatic heterocycles. The van der Waals surface area contributed by atoms with Crippen LogP contribution in [0.25, 0.3) is 0 Å². The summed E-state index contributed by atoms with van der Waals surface area (Å²) in [7, 11) is 0. The van der Waals surface area contributed by atoms with Gasteiger partial charge in [-0.2, -0.15) is 13.2 Å². The van der Waals surface area contributed by atoms with Gasteiger partial charge in [-0.25, -0.2) is 0 Å². The zero-order valence-corrected chi connectivity index (χ0v) is 11.7. The third-order valence-corrected chi connectivity index (χ3v) is 3.72. The molecule has 0 saturated carbocycles. The van der Waals surface area contributed by atoms with Crippen molar-refractivity contribution in [3.63, 3.8) is 0 Å². The highest BCUT2D eigenvalue weighted by Gasteiger charge is 2.38. The second kappa shape index (κ2) is 5.49. The summed E-state index contributed by atoms with van der Waals surface area (Å²) >= 11 is 0. The van der Waals surface area contributed by atoms with Gasteiger partial charge in [-0.3, -0.25) is 4.79 Å². The summed E-state index contributed by atoms with van der Waals surface area (Å²) in [5, 5.41) is 2.84. The van der Waals surface area contributed by atoms with Crippen LogP contribution in [0.15, 0.2) is 53.7 Å². The van der Waals surface area contributed by atoms with Gasteiger partial charge in [0.2, 0.25) is 0 Å². The van der Waals surface area contributed by atoms with E-state index in [2.05, 4.69) is 5.18 Å². The quantitative estimate of drug-likeness (QED) is 0.801. The van der Waals surface area contributed by atoms with E-state index < -0.39 is 23.7 Å². The van der Waals surface area contributed by atoms with Crippen molar-refractivity contribution in [2.24, 2.45) is 5.18 Å². The predicted molar refractivity (Wildman–Crippen MR) is 77.6 cm³/mol. The summed E-state index contributed by atoms with van der Waals surface area (Å²) in [5.41, 5.74) is 0.522. The molecule has 0 spiro atoms. The highest BCUT2D eigenvalue weighted by molar-refractivity contribution is 6.04. The highest BCUT2D eigenvalue weighted by atomic mass is 19.4. The lowest BCUT2D eigenvalue weighted by atomic mass is 10.1. The van der Waals surface area contributed by atoms with Gasteiger partial charge in [0.15, 0.2) is 6.04 Å². The maximum atomic E-state index is 12.8. The van der Waals surface area contributed by atoms with Crippen LogP contribution >= 0.6 is 0 Å². The summed E-state index contributed by atoms with van der Waals surface area (Å²) in [4.78, 5) is 24.5. The van der Waals surface area contributed by atoms with Crippen molar-refractivity contribution < 1.29 is 18.0 Å². The number of nitroso groups, excluding NO2 is 1. The second-order valence-corrected chi connectivity index (χ2v) is 5.19. The number of nitrogens with zero attached hydrogens (tertiary/aromatic N) is 2. The molecule has 1 atom stereocenters. The first-order chi connectivity index (χ1) is 10.9. The standard InChI is InChI=1S/C16H11F3N2O2/c17-16(18,19)11-5-3-4-10(8-11)9-21-13-7-2-1-6-12(13)14(20-23)15(21)22/h1-8,14H,9H2. The molecule has 2 aromatic rings. The molecule has 0 bridgehead atoms. The Kier molecular flexibility index (Phi) is 3.63. The Morgan fingerprint density at radius 1 is 1.09 bits per heavy atom. The van der Waals surface area contributed by atoms with Gasteiger partial charge in [-0.15, -0.1) is 4.91 Å². The summed E-state index contributed by atoms with van der Waals surface area (Å²) in [6.07, 6.45) is -4.45. The third kappa shape index (κ3) is 2.69. The predicted octanol–water partition coefficient (Wildman–Crippen LogP) is 4.06. The van der Waals surface area contributed by atoms with Crippen LogP contribution in [0.5, 0.6) is 0 Å². The molecule has 23 heavy (non-hydrogen) atoms. The van der Waals surface area contributed by atoms with Gasteiger partial charge in [0.25, 0.3) is 5.91 Å². The van der Waals surface area contributed by atoms with Crippen molar-refractivity contribution in [2.45, 2.75) is 18.8 Å². The first-order valence-corrected chi connectivity index (χ1v) is 6.80. The van der Waals surface area contributed by atoms with Crippen molar-refractivity contribution in [1.82, 2.24) is 0 Å². The topological polar surface area (TPSA) is 49.7 Å². The molecule has 1 unspecified atom stereocenters. The molecular weight excluding hydrogens is 309 g/mol. The van der Waals surface area contributed by atoms with Gasteiger partial charge in [0.05, 0.1) is 17.8 Å². The number of fused-ring (bicyclic) bond motifs is 1. The van der Waals surface area contributed by atoms with E-state index in [1.165, 1.54) is 17.0 Å². The normalized spacial score (nSPS) is 17.3.